The summed E-state index contributed by atoms with van der Waals surface area (Å²) in [6, 6.07) is 0. The molecule has 1 aliphatic carbocycles. The van der Waals surface area contributed by atoms with Crippen molar-refractivity contribution in [3.63, 3.8) is 0 Å². The molecule has 0 aromatic carbocycles. The predicted octanol–water partition coefficient (Wildman–Crippen LogP) is 1.90. The van der Waals surface area contributed by atoms with E-state index in [-0.39, 0.29) is 5.92 Å². The van der Waals surface area contributed by atoms with Gasteiger partial charge in [-0.25, -0.2) is 5.48 Å². The lowest BCUT2D eigenvalue weighted by Gasteiger charge is -2.14. The topological polar surface area (TPSA) is 30.5 Å². The minimum absolute atomic E-state index is 0.240. The summed E-state index contributed by atoms with van der Waals surface area (Å²) in [6.45, 7) is 0. The molecular formula is C11H9NO2. The maximum absolute atomic E-state index is 5.29. The summed E-state index contributed by atoms with van der Waals surface area (Å²) < 4.78 is 5.29. The molecule has 0 saturated carbocycles. The van der Waals surface area contributed by atoms with Gasteiger partial charge in [-0.3, -0.25) is 0 Å². The maximum atomic E-state index is 5.29. The Morgan fingerprint density at radius 1 is 1.14 bits per heavy atom. The van der Waals surface area contributed by atoms with Gasteiger partial charge in [-0.15, -0.1) is 0 Å². The molecule has 2 aliphatic heterocycles. The average Bonchev–Trinajstić information content (AvgIpc) is 2.61. The Kier molecular flexibility index (Phi) is 1.50. The second-order valence-electron chi connectivity index (χ2n) is 3.30. The molecule has 3 aliphatic rings. The standard InChI is InChI=1S/C11H9NO2/c1-2-4-9-8(3-1)5-13-7-11-10(9)6-14-12-11/h1-7,9,12H. The summed E-state index contributed by atoms with van der Waals surface area (Å²) in [7, 11) is 0. The summed E-state index contributed by atoms with van der Waals surface area (Å²) in [4.78, 5) is 5.05. The molecular weight excluding hydrogens is 178 g/mol. The van der Waals surface area contributed by atoms with Gasteiger partial charge in [-0.1, -0.05) is 24.3 Å². The van der Waals surface area contributed by atoms with Gasteiger partial charge in [0.15, 0.2) is 0 Å². The van der Waals surface area contributed by atoms with Crippen molar-refractivity contribution in [3.8, 4) is 0 Å². The lowest BCUT2D eigenvalue weighted by atomic mass is 9.88. The molecule has 2 heterocycles. The fraction of sp³-hybridized carbons (Fsp3) is 0.0909. The molecule has 3 rings (SSSR count). The Morgan fingerprint density at radius 2 is 2.14 bits per heavy atom. The molecule has 0 radical (unpaired) electrons. The summed E-state index contributed by atoms with van der Waals surface area (Å²) in [5.41, 5.74) is 5.92. The van der Waals surface area contributed by atoms with Gasteiger partial charge in [0.2, 0.25) is 0 Å². The van der Waals surface area contributed by atoms with Crippen LogP contribution in [0.4, 0.5) is 0 Å². The number of allylic oxidation sites excluding steroid dienone is 6. The molecule has 3 heteroatoms. The molecule has 1 unspecified atom stereocenters. The van der Waals surface area contributed by atoms with Crippen LogP contribution in [-0.4, -0.2) is 0 Å². The van der Waals surface area contributed by atoms with Gasteiger partial charge in [0.1, 0.15) is 18.2 Å². The van der Waals surface area contributed by atoms with E-state index in [1.54, 1.807) is 18.8 Å². The Hall–Kier alpha value is -1.90. The highest BCUT2D eigenvalue weighted by Gasteiger charge is 2.26. The van der Waals surface area contributed by atoms with Crippen molar-refractivity contribution in [1.82, 2.24) is 5.48 Å². The fourth-order valence-electron chi connectivity index (χ4n) is 1.74. The minimum Gasteiger partial charge on any atom is -0.470 e. The van der Waals surface area contributed by atoms with Gasteiger partial charge < -0.3 is 9.57 Å². The van der Waals surface area contributed by atoms with Gasteiger partial charge in [-0.05, 0) is 5.57 Å². The van der Waals surface area contributed by atoms with Crippen molar-refractivity contribution in [2.24, 2.45) is 5.92 Å². The van der Waals surface area contributed by atoms with E-state index in [2.05, 4.69) is 11.6 Å². The fourth-order valence-corrected chi connectivity index (χ4v) is 1.74. The molecule has 0 aromatic heterocycles. The van der Waals surface area contributed by atoms with Crippen molar-refractivity contribution < 1.29 is 9.57 Å². The molecule has 0 bridgehead atoms. The number of rotatable bonds is 0. The molecule has 3 nitrogen and oxygen atoms in total. The van der Waals surface area contributed by atoms with Gasteiger partial charge in [0, 0.05) is 11.5 Å². The molecule has 0 saturated heterocycles. The molecule has 0 fully saturated rings. The Morgan fingerprint density at radius 3 is 3.14 bits per heavy atom. The molecule has 0 amide bonds. The van der Waals surface area contributed by atoms with E-state index >= 15 is 0 Å². The number of ether oxygens (including phenoxy) is 1. The van der Waals surface area contributed by atoms with Crippen molar-refractivity contribution in [2.75, 3.05) is 0 Å². The van der Waals surface area contributed by atoms with E-state index in [1.165, 1.54) is 0 Å². The summed E-state index contributed by atoms with van der Waals surface area (Å²) in [5.74, 6) is 0.240. The number of fused-ring (bicyclic) bond motifs is 3. The van der Waals surface area contributed by atoms with Crippen LogP contribution in [0, 0.1) is 5.92 Å². The maximum Gasteiger partial charge on any atom is 0.125 e. The first-order chi connectivity index (χ1) is 6.95. The highest BCUT2D eigenvalue weighted by Crippen LogP contribution is 2.34. The summed E-state index contributed by atoms with van der Waals surface area (Å²) in [5, 5.41) is 0. The lowest BCUT2D eigenvalue weighted by Crippen LogP contribution is -2.09. The third-order valence-electron chi connectivity index (χ3n) is 2.45. The number of hydrogen-bond donors (Lipinski definition) is 1. The first-order valence-electron chi connectivity index (χ1n) is 4.48. The Balaban J connectivity index is 2.08. The largest absolute Gasteiger partial charge is 0.470 e. The van der Waals surface area contributed by atoms with Crippen molar-refractivity contribution in [1.29, 1.82) is 0 Å². The van der Waals surface area contributed by atoms with E-state index in [4.69, 9.17) is 9.57 Å². The zero-order valence-electron chi connectivity index (χ0n) is 7.44. The van der Waals surface area contributed by atoms with E-state index in [0.717, 1.165) is 16.8 Å². The number of nitrogens with one attached hydrogen (secondary N) is 1. The van der Waals surface area contributed by atoms with E-state index in [0.29, 0.717) is 0 Å². The van der Waals surface area contributed by atoms with Gasteiger partial charge in [-0.2, -0.15) is 0 Å². The molecule has 1 atom stereocenters. The number of hydroxylamine groups is 1. The predicted molar refractivity (Wildman–Crippen MR) is 51.3 cm³/mol. The van der Waals surface area contributed by atoms with Crippen LogP contribution in [0.2, 0.25) is 0 Å². The zero-order valence-corrected chi connectivity index (χ0v) is 7.44. The SMILES string of the molecule is C1=CC2=COC=C3NOC=C3C2C=C1. The third kappa shape index (κ3) is 0.988. The summed E-state index contributed by atoms with van der Waals surface area (Å²) in [6.07, 6.45) is 13.3. The smallest absolute Gasteiger partial charge is 0.125 e. The highest BCUT2D eigenvalue weighted by molar-refractivity contribution is 5.47. The van der Waals surface area contributed by atoms with Crippen LogP contribution in [-0.2, 0) is 9.57 Å². The molecule has 0 spiro atoms. The second-order valence-corrected chi connectivity index (χ2v) is 3.30. The van der Waals surface area contributed by atoms with E-state index in [1.807, 2.05) is 18.2 Å². The highest BCUT2D eigenvalue weighted by atomic mass is 16.6. The van der Waals surface area contributed by atoms with Gasteiger partial charge in [0.05, 0.1) is 6.26 Å². The van der Waals surface area contributed by atoms with Crippen LogP contribution in [0.15, 0.2) is 59.9 Å². The molecule has 70 valence electrons. The van der Waals surface area contributed by atoms with Crippen LogP contribution in [0.5, 0.6) is 0 Å². The van der Waals surface area contributed by atoms with Crippen LogP contribution >= 0.6 is 0 Å². The lowest BCUT2D eigenvalue weighted by molar-refractivity contribution is 0.183. The first-order valence-corrected chi connectivity index (χ1v) is 4.48. The molecule has 1 N–H and O–H groups in total. The first kappa shape index (κ1) is 7.50. The molecule has 14 heavy (non-hydrogen) atoms. The second kappa shape index (κ2) is 2.80. The third-order valence-corrected chi connectivity index (χ3v) is 2.45. The minimum atomic E-state index is 0.240. The number of hydrogen-bond acceptors (Lipinski definition) is 3. The van der Waals surface area contributed by atoms with Crippen molar-refractivity contribution in [3.05, 3.63) is 59.9 Å². The van der Waals surface area contributed by atoms with E-state index < -0.39 is 0 Å². The Labute approximate surface area is 81.7 Å². The summed E-state index contributed by atoms with van der Waals surface area (Å²) >= 11 is 0. The van der Waals surface area contributed by atoms with E-state index in [9.17, 15) is 0 Å². The zero-order chi connectivity index (χ0) is 9.38. The van der Waals surface area contributed by atoms with Crippen molar-refractivity contribution >= 4 is 0 Å². The van der Waals surface area contributed by atoms with Crippen LogP contribution < -0.4 is 5.48 Å². The van der Waals surface area contributed by atoms with Gasteiger partial charge >= 0.3 is 0 Å². The van der Waals surface area contributed by atoms with Crippen molar-refractivity contribution in [2.45, 2.75) is 0 Å². The van der Waals surface area contributed by atoms with Crippen LogP contribution in [0.25, 0.3) is 0 Å². The van der Waals surface area contributed by atoms with Crippen LogP contribution in [0.3, 0.4) is 0 Å². The molecule has 0 aromatic rings. The monoisotopic (exact) mass is 187 g/mol. The Bertz CT molecular complexity index is 413. The average molecular weight is 187 g/mol. The normalized spacial score (nSPS) is 26.9. The van der Waals surface area contributed by atoms with Gasteiger partial charge in [0.25, 0.3) is 0 Å². The van der Waals surface area contributed by atoms with Crippen LogP contribution in [0.1, 0.15) is 0 Å². The quantitative estimate of drug-likeness (QED) is 0.628.